The van der Waals surface area contributed by atoms with Crippen LogP contribution in [0.5, 0.6) is 0 Å². The highest BCUT2D eigenvalue weighted by atomic mass is 19.3. The van der Waals surface area contributed by atoms with Gasteiger partial charge in [-0.3, -0.25) is 9.55 Å². The van der Waals surface area contributed by atoms with Gasteiger partial charge in [-0.25, -0.2) is 9.18 Å². The number of carbonyl (C=O) groups is 1. The zero-order valence-electron chi connectivity index (χ0n) is 18.8. The first-order chi connectivity index (χ1) is 15.6. The van der Waals surface area contributed by atoms with Crippen LogP contribution in [-0.2, 0) is 4.74 Å². The minimum atomic E-state index is -2.64. The summed E-state index contributed by atoms with van der Waals surface area (Å²) in [6.07, 6.45) is 4.81. The van der Waals surface area contributed by atoms with Crippen molar-refractivity contribution in [2.45, 2.75) is 45.3 Å². The molecule has 1 atom stereocenters. The molecule has 4 rings (SSSR count). The molecule has 1 amide bonds. The number of alkyl halides is 2. The van der Waals surface area contributed by atoms with Crippen LogP contribution in [0.25, 0.3) is 22.4 Å². The van der Waals surface area contributed by atoms with Gasteiger partial charge in [0, 0.05) is 43.2 Å². The first kappa shape index (κ1) is 22.9. The number of pyridine rings is 1. The van der Waals surface area contributed by atoms with E-state index in [9.17, 15) is 18.0 Å². The van der Waals surface area contributed by atoms with Gasteiger partial charge in [-0.1, -0.05) is 0 Å². The van der Waals surface area contributed by atoms with Gasteiger partial charge in [-0.05, 0) is 80.3 Å². The zero-order chi connectivity index (χ0) is 23.8. The molecule has 1 fully saturated rings. The number of hydrogen-bond acceptors (Lipinski definition) is 3. The van der Waals surface area contributed by atoms with Crippen LogP contribution in [0.4, 0.5) is 18.0 Å². The maximum atomic E-state index is 13.4. The summed E-state index contributed by atoms with van der Waals surface area (Å²) < 4.78 is 46.1. The molecule has 8 heteroatoms. The van der Waals surface area contributed by atoms with Crippen LogP contribution >= 0.6 is 0 Å². The van der Waals surface area contributed by atoms with E-state index in [1.807, 2.05) is 26.8 Å². The number of halogens is 3. The molecule has 0 aliphatic carbocycles. The average Bonchev–Trinajstić information content (AvgIpc) is 3.43. The molecule has 1 aromatic carbocycles. The molecule has 1 aliphatic rings. The van der Waals surface area contributed by atoms with Gasteiger partial charge in [0.2, 0.25) is 0 Å². The summed E-state index contributed by atoms with van der Waals surface area (Å²) in [4.78, 5) is 18.7. The maximum Gasteiger partial charge on any atom is 0.410 e. The molecular formula is C25H26F3N3O2. The molecule has 3 aromatic rings. The van der Waals surface area contributed by atoms with Crippen molar-refractivity contribution in [2.75, 3.05) is 13.1 Å². The molecule has 3 heterocycles. The van der Waals surface area contributed by atoms with Crippen molar-refractivity contribution >= 4 is 6.09 Å². The van der Waals surface area contributed by atoms with Gasteiger partial charge in [0.15, 0.2) is 0 Å². The van der Waals surface area contributed by atoms with Crippen LogP contribution in [0, 0.1) is 5.82 Å². The smallest absolute Gasteiger partial charge is 0.410 e. The van der Waals surface area contributed by atoms with Crippen molar-refractivity contribution in [3.8, 4) is 22.4 Å². The standard InChI is InChI=1S/C25H26F3N3O2/c1-25(2,3)33-24(32)31-11-9-18(15-31)21-13-29-22(16-4-6-19(26)7-5-16)12-20(21)17-8-10-30(14-17)23(27)28/h4-8,10,12-14,18,23H,9,11,15H2,1-3H3. The fourth-order valence-electron chi connectivity index (χ4n) is 4.02. The Hall–Kier alpha value is -3.29. The van der Waals surface area contributed by atoms with Crippen LogP contribution < -0.4 is 0 Å². The number of rotatable bonds is 4. The Morgan fingerprint density at radius 1 is 1.15 bits per heavy atom. The molecule has 0 bridgehead atoms. The highest BCUT2D eigenvalue weighted by Crippen LogP contribution is 2.37. The van der Waals surface area contributed by atoms with Crippen LogP contribution in [0.2, 0.25) is 0 Å². The van der Waals surface area contributed by atoms with Crippen molar-refractivity contribution in [2.24, 2.45) is 0 Å². The number of carbonyl (C=O) groups excluding carboxylic acids is 1. The highest BCUT2D eigenvalue weighted by Gasteiger charge is 2.32. The number of amides is 1. The summed E-state index contributed by atoms with van der Waals surface area (Å²) in [7, 11) is 0. The Labute approximate surface area is 190 Å². The number of nitrogens with zero attached hydrogens (tertiary/aromatic N) is 3. The fourth-order valence-corrected chi connectivity index (χ4v) is 4.02. The second kappa shape index (κ2) is 8.92. The summed E-state index contributed by atoms with van der Waals surface area (Å²) in [5.41, 5.74) is 3.02. The quantitative estimate of drug-likeness (QED) is 0.451. The van der Waals surface area contributed by atoms with Crippen molar-refractivity contribution < 1.29 is 22.7 Å². The predicted octanol–water partition coefficient (Wildman–Crippen LogP) is 6.48. The van der Waals surface area contributed by atoms with E-state index in [-0.39, 0.29) is 17.8 Å². The lowest BCUT2D eigenvalue weighted by atomic mass is 9.91. The summed E-state index contributed by atoms with van der Waals surface area (Å²) in [5, 5.41) is 0. The third kappa shape index (κ3) is 5.21. The second-order valence-electron chi connectivity index (χ2n) is 9.20. The van der Waals surface area contributed by atoms with Gasteiger partial charge < -0.3 is 9.64 Å². The van der Waals surface area contributed by atoms with Crippen LogP contribution in [0.3, 0.4) is 0 Å². The van der Waals surface area contributed by atoms with E-state index in [2.05, 4.69) is 4.98 Å². The van der Waals surface area contributed by atoms with Crippen molar-refractivity contribution in [1.82, 2.24) is 14.5 Å². The van der Waals surface area contributed by atoms with Gasteiger partial charge >= 0.3 is 12.6 Å². The largest absolute Gasteiger partial charge is 0.444 e. The molecule has 0 radical (unpaired) electrons. The van der Waals surface area contributed by atoms with E-state index < -0.39 is 12.2 Å². The van der Waals surface area contributed by atoms with E-state index >= 15 is 0 Å². The lowest BCUT2D eigenvalue weighted by molar-refractivity contribution is 0.0292. The lowest BCUT2D eigenvalue weighted by Crippen LogP contribution is -2.35. The highest BCUT2D eigenvalue weighted by molar-refractivity contribution is 5.74. The molecule has 5 nitrogen and oxygen atoms in total. The molecule has 2 aromatic heterocycles. The Kier molecular flexibility index (Phi) is 6.19. The summed E-state index contributed by atoms with van der Waals surface area (Å²) in [6.45, 7) is 3.81. The van der Waals surface area contributed by atoms with E-state index in [1.165, 1.54) is 24.5 Å². The van der Waals surface area contributed by atoms with Gasteiger partial charge in [0.25, 0.3) is 0 Å². The topological polar surface area (TPSA) is 47.4 Å². The van der Waals surface area contributed by atoms with E-state index in [1.54, 1.807) is 29.3 Å². The minimum Gasteiger partial charge on any atom is -0.444 e. The fraction of sp³-hybridized carbons (Fsp3) is 0.360. The molecule has 0 spiro atoms. The van der Waals surface area contributed by atoms with Gasteiger partial charge in [-0.2, -0.15) is 8.78 Å². The predicted molar refractivity (Wildman–Crippen MR) is 119 cm³/mol. The van der Waals surface area contributed by atoms with Crippen molar-refractivity contribution in [3.05, 3.63) is 66.4 Å². The summed E-state index contributed by atoms with van der Waals surface area (Å²) in [5.74, 6) is -0.366. The molecule has 1 saturated heterocycles. The first-order valence-electron chi connectivity index (χ1n) is 10.8. The Morgan fingerprint density at radius 2 is 1.88 bits per heavy atom. The number of benzene rings is 1. The van der Waals surface area contributed by atoms with Gasteiger partial charge in [-0.15, -0.1) is 0 Å². The van der Waals surface area contributed by atoms with Crippen molar-refractivity contribution in [1.29, 1.82) is 0 Å². The molecule has 174 valence electrons. The van der Waals surface area contributed by atoms with Crippen molar-refractivity contribution in [3.63, 3.8) is 0 Å². The Balaban J connectivity index is 1.68. The lowest BCUT2D eigenvalue weighted by Gasteiger charge is -2.24. The van der Waals surface area contributed by atoms with Gasteiger partial charge in [0.1, 0.15) is 11.4 Å². The zero-order valence-corrected chi connectivity index (χ0v) is 18.8. The Morgan fingerprint density at radius 3 is 2.52 bits per heavy atom. The number of ether oxygens (including phenoxy) is 1. The van der Waals surface area contributed by atoms with Crippen LogP contribution in [-0.4, -0.2) is 39.2 Å². The van der Waals surface area contributed by atoms with Crippen LogP contribution in [0.1, 0.15) is 45.2 Å². The third-order valence-corrected chi connectivity index (χ3v) is 5.61. The third-order valence-electron chi connectivity index (χ3n) is 5.61. The van der Waals surface area contributed by atoms with E-state index in [0.29, 0.717) is 30.8 Å². The number of hydrogen-bond donors (Lipinski definition) is 0. The first-order valence-corrected chi connectivity index (χ1v) is 10.8. The average molecular weight is 457 g/mol. The van der Waals surface area contributed by atoms with Gasteiger partial charge in [0.05, 0.1) is 5.69 Å². The minimum absolute atomic E-state index is 0.0165. The molecular weight excluding hydrogens is 431 g/mol. The maximum absolute atomic E-state index is 13.4. The monoisotopic (exact) mass is 457 g/mol. The molecule has 1 aliphatic heterocycles. The SMILES string of the molecule is CC(C)(C)OC(=O)N1CCC(c2cnc(-c3ccc(F)cc3)cc2-c2ccn(C(F)F)c2)C1. The molecule has 0 N–H and O–H groups in total. The number of likely N-dealkylation sites (tertiary alicyclic amines) is 1. The molecule has 1 unspecified atom stereocenters. The molecule has 33 heavy (non-hydrogen) atoms. The summed E-state index contributed by atoms with van der Waals surface area (Å²) in [6, 6.07) is 9.45. The van der Waals surface area contributed by atoms with E-state index in [4.69, 9.17) is 4.74 Å². The Bertz CT molecular complexity index is 1140. The van der Waals surface area contributed by atoms with Crippen LogP contribution in [0.15, 0.2) is 55.0 Å². The second-order valence-corrected chi connectivity index (χ2v) is 9.20. The normalized spacial score (nSPS) is 16.5. The van der Waals surface area contributed by atoms with E-state index in [0.717, 1.165) is 21.3 Å². The summed E-state index contributed by atoms with van der Waals surface area (Å²) >= 11 is 0. The number of aromatic nitrogens is 2. The molecule has 0 saturated carbocycles.